The Labute approximate surface area is 172 Å². The molecule has 0 bridgehead atoms. The zero-order valence-corrected chi connectivity index (χ0v) is 18.3. The van der Waals surface area contributed by atoms with Gasteiger partial charge in [0.05, 0.1) is 5.57 Å². The monoisotopic (exact) mass is 402 g/mol. The number of carbonyl (C=O) groups excluding carboxylic acids is 1. The first-order valence-electron chi connectivity index (χ1n) is 9.27. The minimum absolute atomic E-state index is 0.151. The zero-order chi connectivity index (χ0) is 20.9. The Morgan fingerprint density at radius 1 is 0.793 bits per heavy atom. The van der Waals surface area contributed by atoms with Crippen LogP contribution in [0.25, 0.3) is 0 Å². The van der Waals surface area contributed by atoms with Gasteiger partial charge in [0.15, 0.2) is 0 Å². The molecule has 0 aliphatic heterocycles. The molecule has 0 unspecified atom stereocenters. The number of esters is 1. The highest BCUT2D eigenvalue weighted by Gasteiger charge is 2.49. The second-order valence-electron chi connectivity index (χ2n) is 6.86. The van der Waals surface area contributed by atoms with Gasteiger partial charge in [-0.15, -0.1) is 0 Å². The Kier molecular flexibility index (Phi) is 6.09. The van der Waals surface area contributed by atoms with Gasteiger partial charge in [-0.1, -0.05) is 84.1 Å². The normalized spacial score (nSPS) is 12.2. The van der Waals surface area contributed by atoms with Crippen LogP contribution in [0.15, 0.2) is 102 Å². The summed E-state index contributed by atoms with van der Waals surface area (Å²) >= 11 is 0. The molecule has 4 nitrogen and oxygen atoms in total. The van der Waals surface area contributed by atoms with Gasteiger partial charge in [0, 0.05) is 10.2 Å². The van der Waals surface area contributed by atoms with Crippen molar-refractivity contribution in [1.29, 1.82) is 0 Å². The fraction of sp³-hybridized carbons (Fsp3) is 0.0833. The summed E-state index contributed by atoms with van der Waals surface area (Å²) < 4.78 is 5.60. The minimum Gasteiger partial charge on any atom is -0.480 e. The Morgan fingerprint density at radius 3 is 1.59 bits per heavy atom. The average Bonchev–Trinajstić information content (AvgIpc) is 2.73. The number of benzene rings is 3. The average molecular weight is 403 g/mol. The molecule has 3 rings (SSSR count). The summed E-state index contributed by atoms with van der Waals surface area (Å²) in [4.78, 5) is 26.2. The molecule has 5 heteroatoms. The predicted octanol–water partition coefficient (Wildman–Crippen LogP) is 3.30. The third-order valence-electron chi connectivity index (χ3n) is 4.77. The van der Waals surface area contributed by atoms with E-state index in [1.54, 1.807) is 79.7 Å². The summed E-state index contributed by atoms with van der Waals surface area (Å²) in [6, 6.07) is 26.4. The van der Waals surface area contributed by atoms with E-state index in [9.17, 15) is 14.7 Å². The summed E-state index contributed by atoms with van der Waals surface area (Å²) in [6.45, 7) is 1.79. The van der Waals surface area contributed by atoms with Crippen LogP contribution in [0.2, 0.25) is 0 Å². The molecule has 0 aliphatic rings. The van der Waals surface area contributed by atoms with Crippen molar-refractivity contribution in [3.8, 4) is 5.75 Å². The Balaban J connectivity index is 2.27. The zero-order valence-electron chi connectivity index (χ0n) is 16.3. The molecule has 29 heavy (non-hydrogen) atoms. The first-order valence-corrected chi connectivity index (χ1v) is 10.3. The number of hydrogen-bond acceptors (Lipinski definition) is 3. The Hall–Kier alpha value is -3.44. The summed E-state index contributed by atoms with van der Waals surface area (Å²) in [5.41, 5.74) is -0.499. The van der Waals surface area contributed by atoms with Crippen LogP contribution in [-0.4, -0.2) is 27.3 Å². The highest BCUT2D eigenvalue weighted by Crippen LogP contribution is 2.41. The quantitative estimate of drug-likeness (QED) is 0.297. The van der Waals surface area contributed by atoms with Crippen molar-refractivity contribution in [1.82, 2.24) is 0 Å². The standard InChI is InChI=1S/C24H22O4Si/c1-17(29)21(22(25)28-20-15-9-4-10-16-20)24(23(26)27,18-11-5-2-6-12-18)19-13-7-3-8-14-19/h2-16H,1,29H3,(H,26,27). The molecule has 3 aromatic carbocycles. The van der Waals surface area contributed by atoms with E-state index in [1.807, 2.05) is 18.2 Å². The molecule has 0 atom stereocenters. The van der Waals surface area contributed by atoms with Crippen molar-refractivity contribution in [2.75, 3.05) is 0 Å². The van der Waals surface area contributed by atoms with Crippen LogP contribution in [-0.2, 0) is 15.0 Å². The number of aliphatic carboxylic acids is 1. The lowest BCUT2D eigenvalue weighted by molar-refractivity contribution is -0.143. The van der Waals surface area contributed by atoms with Crippen LogP contribution in [0.5, 0.6) is 5.75 Å². The number of hydrogen-bond donors (Lipinski definition) is 1. The number of allylic oxidation sites excluding steroid dienone is 1. The van der Waals surface area contributed by atoms with Gasteiger partial charge in [0.2, 0.25) is 0 Å². The maximum atomic E-state index is 13.3. The molecule has 3 aromatic rings. The molecule has 0 fully saturated rings. The molecule has 146 valence electrons. The van der Waals surface area contributed by atoms with Gasteiger partial charge in [-0.05, 0) is 30.2 Å². The number of carboxylic acid groups (broad SMARTS) is 1. The van der Waals surface area contributed by atoms with Gasteiger partial charge >= 0.3 is 11.9 Å². The third kappa shape index (κ3) is 3.91. The maximum Gasteiger partial charge on any atom is 0.340 e. The van der Waals surface area contributed by atoms with Gasteiger partial charge < -0.3 is 9.84 Å². The predicted molar refractivity (Wildman–Crippen MR) is 116 cm³/mol. The molecule has 0 aliphatic carbocycles. The topological polar surface area (TPSA) is 63.6 Å². The van der Waals surface area contributed by atoms with Crippen LogP contribution >= 0.6 is 0 Å². The third-order valence-corrected chi connectivity index (χ3v) is 5.27. The van der Waals surface area contributed by atoms with E-state index in [1.165, 1.54) is 0 Å². The van der Waals surface area contributed by atoms with Crippen LogP contribution < -0.4 is 4.74 Å². The smallest absolute Gasteiger partial charge is 0.340 e. The molecule has 0 heterocycles. The van der Waals surface area contributed by atoms with Crippen LogP contribution in [0.4, 0.5) is 0 Å². The maximum absolute atomic E-state index is 13.3. The Morgan fingerprint density at radius 2 is 1.21 bits per heavy atom. The molecule has 0 amide bonds. The van der Waals surface area contributed by atoms with Gasteiger partial charge in [-0.25, -0.2) is 4.79 Å². The summed E-state index contributed by atoms with van der Waals surface area (Å²) in [7, 11) is 0.511. The highest BCUT2D eigenvalue weighted by atomic mass is 28.1. The van der Waals surface area contributed by atoms with E-state index in [-0.39, 0.29) is 5.57 Å². The fourth-order valence-electron chi connectivity index (χ4n) is 3.56. The minimum atomic E-state index is -1.67. The van der Waals surface area contributed by atoms with E-state index in [0.717, 1.165) is 0 Å². The molecule has 0 spiro atoms. The second kappa shape index (κ2) is 8.71. The molecule has 1 N–H and O–H groups in total. The van der Waals surface area contributed by atoms with E-state index >= 15 is 0 Å². The van der Waals surface area contributed by atoms with Crippen molar-refractivity contribution in [2.24, 2.45) is 0 Å². The van der Waals surface area contributed by atoms with Crippen LogP contribution in [0.1, 0.15) is 18.1 Å². The summed E-state index contributed by atoms with van der Waals surface area (Å²) in [6.07, 6.45) is 0. The number of carbonyl (C=O) groups is 2. The number of para-hydroxylation sites is 1. The van der Waals surface area contributed by atoms with Gasteiger partial charge in [0.25, 0.3) is 0 Å². The lowest BCUT2D eigenvalue weighted by Crippen LogP contribution is -2.43. The number of rotatable bonds is 6. The molecule has 0 saturated heterocycles. The van der Waals surface area contributed by atoms with Gasteiger partial charge in [0.1, 0.15) is 11.2 Å². The molecular weight excluding hydrogens is 380 g/mol. The van der Waals surface area contributed by atoms with Crippen molar-refractivity contribution in [2.45, 2.75) is 12.3 Å². The van der Waals surface area contributed by atoms with E-state index in [4.69, 9.17) is 4.74 Å². The van der Waals surface area contributed by atoms with Crippen LogP contribution in [0.3, 0.4) is 0 Å². The second-order valence-corrected chi connectivity index (χ2v) is 8.36. The van der Waals surface area contributed by atoms with Gasteiger partial charge in [-0.3, -0.25) is 4.79 Å². The van der Waals surface area contributed by atoms with Gasteiger partial charge in [-0.2, -0.15) is 0 Å². The number of ether oxygens (including phenoxy) is 1. The molecular formula is C24H22O4Si. The first-order chi connectivity index (χ1) is 14.0. The molecule has 0 radical (unpaired) electrons. The first kappa shape index (κ1) is 20.3. The van der Waals surface area contributed by atoms with E-state index in [0.29, 0.717) is 32.3 Å². The SMILES string of the molecule is CC([SiH3])=C(C(=O)Oc1ccccc1)C(C(=O)O)(c1ccccc1)c1ccccc1. The highest BCUT2D eigenvalue weighted by molar-refractivity contribution is 6.25. The van der Waals surface area contributed by atoms with E-state index in [2.05, 4.69) is 0 Å². The summed E-state index contributed by atoms with van der Waals surface area (Å²) in [5, 5.41) is 11.2. The Bertz CT molecular complexity index is 985. The largest absolute Gasteiger partial charge is 0.480 e. The van der Waals surface area contributed by atoms with Crippen molar-refractivity contribution < 1.29 is 19.4 Å². The lowest BCUT2D eigenvalue weighted by atomic mass is 9.68. The molecule has 0 aromatic heterocycles. The lowest BCUT2D eigenvalue weighted by Gasteiger charge is -2.33. The van der Waals surface area contributed by atoms with Crippen molar-refractivity contribution in [3.63, 3.8) is 0 Å². The summed E-state index contributed by atoms with van der Waals surface area (Å²) in [5.74, 6) is -1.40. The van der Waals surface area contributed by atoms with Crippen LogP contribution in [0, 0.1) is 0 Å². The van der Waals surface area contributed by atoms with Crippen molar-refractivity contribution >= 4 is 22.2 Å². The molecule has 0 saturated carbocycles. The van der Waals surface area contributed by atoms with Crippen molar-refractivity contribution in [3.05, 3.63) is 113 Å². The fourth-order valence-corrected chi connectivity index (χ4v) is 4.14. The number of carboxylic acids is 1. The van der Waals surface area contributed by atoms with E-state index < -0.39 is 17.4 Å².